The molecule has 1 heterocycles. The van der Waals surface area contributed by atoms with Gasteiger partial charge in [-0.15, -0.1) is 0 Å². The quantitative estimate of drug-likeness (QED) is 0.775. The zero-order chi connectivity index (χ0) is 13.9. The van der Waals surface area contributed by atoms with Crippen molar-refractivity contribution in [1.82, 2.24) is 10.2 Å². The first kappa shape index (κ1) is 15.1. The van der Waals surface area contributed by atoms with Crippen LogP contribution in [0.15, 0.2) is 0 Å². The molecule has 0 radical (unpaired) electrons. The van der Waals surface area contributed by atoms with Crippen molar-refractivity contribution < 1.29 is 13.8 Å². The molecule has 0 aliphatic carbocycles. The van der Waals surface area contributed by atoms with Crippen LogP contribution in [0.2, 0.25) is 0 Å². The summed E-state index contributed by atoms with van der Waals surface area (Å²) in [5.41, 5.74) is 0. The summed E-state index contributed by atoms with van der Waals surface area (Å²) in [7, 11) is -0.867. The maximum absolute atomic E-state index is 12.2. The lowest BCUT2D eigenvalue weighted by Gasteiger charge is -2.37. The third-order valence-corrected chi connectivity index (χ3v) is 4.01. The van der Waals surface area contributed by atoms with E-state index >= 15 is 0 Å². The van der Waals surface area contributed by atoms with Crippen LogP contribution < -0.4 is 5.32 Å². The Morgan fingerprint density at radius 2 is 2.00 bits per heavy atom. The van der Waals surface area contributed by atoms with Gasteiger partial charge in [-0.2, -0.15) is 0 Å². The normalized spacial score (nSPS) is 24.1. The molecule has 0 aromatic carbocycles. The molecule has 3 unspecified atom stereocenters. The van der Waals surface area contributed by atoms with Crippen molar-refractivity contribution in [2.24, 2.45) is 5.92 Å². The van der Waals surface area contributed by atoms with Crippen molar-refractivity contribution >= 4 is 22.6 Å². The van der Waals surface area contributed by atoms with Gasteiger partial charge in [0, 0.05) is 28.9 Å². The molecule has 0 bridgehead atoms. The summed E-state index contributed by atoms with van der Waals surface area (Å²) in [6, 6.07) is -0.477. The first-order chi connectivity index (χ1) is 8.32. The molecule has 6 heteroatoms. The van der Waals surface area contributed by atoms with Crippen LogP contribution >= 0.6 is 0 Å². The summed E-state index contributed by atoms with van der Waals surface area (Å²) in [5.74, 6) is 0.493. The van der Waals surface area contributed by atoms with E-state index in [2.05, 4.69) is 5.32 Å². The number of nitrogens with one attached hydrogen (secondary N) is 1. The summed E-state index contributed by atoms with van der Waals surface area (Å²) in [4.78, 5) is 25.5. The van der Waals surface area contributed by atoms with E-state index in [4.69, 9.17) is 0 Å². The number of carbonyl (C=O) groups excluding carboxylic acids is 2. The minimum absolute atomic E-state index is 0.0287. The number of rotatable bonds is 5. The van der Waals surface area contributed by atoms with Crippen LogP contribution in [0.5, 0.6) is 0 Å². The summed E-state index contributed by atoms with van der Waals surface area (Å²) in [6.07, 6.45) is 2.31. The summed E-state index contributed by atoms with van der Waals surface area (Å²) < 4.78 is 11.1. The van der Waals surface area contributed by atoms with Gasteiger partial charge >= 0.3 is 0 Å². The SMILES string of the molecule is CC(C)C1NC(=O)CN(C(C)CCS(C)=O)C1=O. The van der Waals surface area contributed by atoms with Gasteiger partial charge < -0.3 is 10.2 Å². The maximum atomic E-state index is 12.2. The van der Waals surface area contributed by atoms with Gasteiger partial charge in [-0.05, 0) is 19.3 Å². The largest absolute Gasteiger partial charge is 0.343 e. The minimum atomic E-state index is -0.867. The van der Waals surface area contributed by atoms with Crippen LogP contribution in [0.3, 0.4) is 0 Å². The Hall–Kier alpha value is -0.910. The van der Waals surface area contributed by atoms with E-state index in [0.29, 0.717) is 12.2 Å². The zero-order valence-electron chi connectivity index (χ0n) is 11.4. The highest BCUT2D eigenvalue weighted by Crippen LogP contribution is 2.15. The van der Waals surface area contributed by atoms with Gasteiger partial charge in [0.15, 0.2) is 0 Å². The van der Waals surface area contributed by atoms with Crippen molar-refractivity contribution in [2.45, 2.75) is 39.3 Å². The van der Waals surface area contributed by atoms with Gasteiger partial charge in [0.25, 0.3) is 0 Å². The first-order valence-corrected chi connectivity index (χ1v) is 7.95. The van der Waals surface area contributed by atoms with Crippen LogP contribution in [0.1, 0.15) is 27.2 Å². The van der Waals surface area contributed by atoms with Crippen LogP contribution in [0, 0.1) is 5.92 Å². The average Bonchev–Trinajstić information content (AvgIpc) is 2.28. The molecule has 18 heavy (non-hydrogen) atoms. The fourth-order valence-electron chi connectivity index (χ4n) is 2.01. The number of hydrogen-bond acceptors (Lipinski definition) is 3. The standard InChI is InChI=1S/C12H22N2O3S/c1-8(2)11-12(16)14(7-10(15)13-11)9(3)5-6-18(4)17/h8-9,11H,5-7H2,1-4H3,(H,13,15). The maximum Gasteiger partial charge on any atom is 0.246 e. The second-order valence-electron chi connectivity index (χ2n) is 5.17. The highest BCUT2D eigenvalue weighted by Gasteiger charge is 2.36. The fourth-order valence-corrected chi connectivity index (χ4v) is 2.68. The molecule has 0 aromatic heterocycles. The van der Waals surface area contributed by atoms with E-state index in [1.54, 1.807) is 11.2 Å². The Balaban J connectivity index is 2.71. The molecule has 3 atom stereocenters. The van der Waals surface area contributed by atoms with E-state index in [0.717, 1.165) is 0 Å². The average molecular weight is 274 g/mol. The van der Waals surface area contributed by atoms with Gasteiger partial charge in [0.1, 0.15) is 6.04 Å². The molecule has 1 saturated heterocycles. The Kier molecular flexibility index (Phi) is 5.31. The van der Waals surface area contributed by atoms with Crippen molar-refractivity contribution in [2.75, 3.05) is 18.6 Å². The monoisotopic (exact) mass is 274 g/mol. The molecule has 1 aliphatic heterocycles. The summed E-state index contributed by atoms with van der Waals surface area (Å²) in [6.45, 7) is 5.84. The lowest BCUT2D eigenvalue weighted by molar-refractivity contribution is -0.147. The van der Waals surface area contributed by atoms with E-state index in [1.807, 2.05) is 20.8 Å². The molecule has 0 saturated carbocycles. The van der Waals surface area contributed by atoms with Gasteiger partial charge in [-0.25, -0.2) is 0 Å². The highest BCUT2D eigenvalue weighted by molar-refractivity contribution is 7.84. The summed E-state index contributed by atoms with van der Waals surface area (Å²) in [5, 5.41) is 2.73. The molecule has 104 valence electrons. The topological polar surface area (TPSA) is 66.5 Å². The predicted molar refractivity (Wildman–Crippen MR) is 71.5 cm³/mol. The second-order valence-corrected chi connectivity index (χ2v) is 6.72. The molecule has 1 N–H and O–H groups in total. The minimum Gasteiger partial charge on any atom is -0.343 e. The van der Waals surface area contributed by atoms with Crippen molar-refractivity contribution in [3.63, 3.8) is 0 Å². The van der Waals surface area contributed by atoms with Crippen LogP contribution in [0.4, 0.5) is 0 Å². The lowest BCUT2D eigenvalue weighted by atomic mass is 9.99. The number of piperazine rings is 1. The van der Waals surface area contributed by atoms with Gasteiger partial charge in [0.2, 0.25) is 11.8 Å². The first-order valence-electron chi connectivity index (χ1n) is 6.22. The Morgan fingerprint density at radius 3 is 2.50 bits per heavy atom. The summed E-state index contributed by atoms with van der Waals surface area (Å²) >= 11 is 0. The molecule has 5 nitrogen and oxygen atoms in total. The molecule has 1 fully saturated rings. The fraction of sp³-hybridized carbons (Fsp3) is 0.833. The Bertz CT molecular complexity index is 357. The van der Waals surface area contributed by atoms with Crippen LogP contribution in [-0.2, 0) is 20.4 Å². The Labute approximate surface area is 111 Å². The predicted octanol–water partition coefficient (Wildman–Crippen LogP) is 0.127. The second kappa shape index (κ2) is 6.31. The van der Waals surface area contributed by atoms with Gasteiger partial charge in [-0.3, -0.25) is 13.8 Å². The van der Waals surface area contributed by atoms with Crippen LogP contribution in [-0.4, -0.2) is 51.6 Å². The van der Waals surface area contributed by atoms with Crippen molar-refractivity contribution in [1.29, 1.82) is 0 Å². The lowest BCUT2D eigenvalue weighted by Crippen LogP contribution is -2.61. The van der Waals surface area contributed by atoms with Gasteiger partial charge in [0.05, 0.1) is 6.54 Å². The number of nitrogens with zero attached hydrogens (tertiary/aromatic N) is 1. The number of amides is 2. The molecule has 0 aromatic rings. The molecule has 1 aliphatic rings. The smallest absolute Gasteiger partial charge is 0.246 e. The van der Waals surface area contributed by atoms with E-state index in [-0.39, 0.29) is 30.3 Å². The molecular formula is C12H22N2O3S. The van der Waals surface area contributed by atoms with E-state index in [1.165, 1.54) is 0 Å². The van der Waals surface area contributed by atoms with Gasteiger partial charge in [-0.1, -0.05) is 13.8 Å². The third kappa shape index (κ3) is 3.80. The highest BCUT2D eigenvalue weighted by atomic mass is 32.2. The zero-order valence-corrected chi connectivity index (χ0v) is 12.3. The van der Waals surface area contributed by atoms with Crippen molar-refractivity contribution in [3.05, 3.63) is 0 Å². The van der Waals surface area contributed by atoms with Crippen molar-refractivity contribution in [3.8, 4) is 0 Å². The van der Waals surface area contributed by atoms with Crippen LogP contribution in [0.25, 0.3) is 0 Å². The third-order valence-electron chi connectivity index (χ3n) is 3.20. The van der Waals surface area contributed by atoms with E-state index in [9.17, 15) is 13.8 Å². The molecule has 1 rings (SSSR count). The molecule has 0 spiro atoms. The Morgan fingerprint density at radius 1 is 1.39 bits per heavy atom. The molecule has 2 amide bonds. The molecular weight excluding hydrogens is 252 g/mol. The number of carbonyl (C=O) groups is 2. The van der Waals surface area contributed by atoms with E-state index < -0.39 is 16.8 Å². The number of hydrogen-bond donors (Lipinski definition) is 1.